The summed E-state index contributed by atoms with van der Waals surface area (Å²) in [6.45, 7) is 0.569. The minimum atomic E-state index is -0.182. The van der Waals surface area contributed by atoms with Crippen molar-refractivity contribution in [2.24, 2.45) is 0 Å². The minimum Gasteiger partial charge on any atom is -0.373 e. The predicted molar refractivity (Wildman–Crippen MR) is 88.5 cm³/mol. The van der Waals surface area contributed by atoms with Gasteiger partial charge in [0.05, 0.1) is 12.4 Å². The topological polar surface area (TPSA) is 109 Å². The van der Waals surface area contributed by atoms with E-state index in [1.807, 2.05) is 6.07 Å². The van der Waals surface area contributed by atoms with Gasteiger partial charge in [0.2, 0.25) is 0 Å². The Labute approximate surface area is 137 Å². The van der Waals surface area contributed by atoms with Crippen LogP contribution in [-0.4, -0.2) is 44.3 Å². The number of rotatable bonds is 1. The van der Waals surface area contributed by atoms with Crippen molar-refractivity contribution in [3.63, 3.8) is 0 Å². The molecule has 1 amide bonds. The summed E-state index contributed by atoms with van der Waals surface area (Å²) in [5, 5.41) is 21.5. The molecule has 4 rings (SSSR count). The minimum absolute atomic E-state index is 0.182. The molecule has 0 fully saturated rings. The molecule has 3 aromatic heterocycles. The third-order valence-corrected chi connectivity index (χ3v) is 3.87. The standard InChI is InChI=1S/C15H16N8O/c1-16-13-6-11-20-12-5-9(7-18-22-12)3-2-4-17-15(24)10-8-19-23(13)14(10)21-11/h5-8,16H,2-4H2,1H3,(H,17,24)(H,20,21,22). The second-order valence-electron chi connectivity index (χ2n) is 5.50. The van der Waals surface area contributed by atoms with E-state index in [1.165, 1.54) is 6.20 Å². The van der Waals surface area contributed by atoms with Crippen molar-refractivity contribution < 1.29 is 4.79 Å². The smallest absolute Gasteiger partial charge is 0.256 e. The fourth-order valence-electron chi connectivity index (χ4n) is 2.69. The van der Waals surface area contributed by atoms with Crippen LogP contribution in [0.3, 0.4) is 0 Å². The summed E-state index contributed by atoms with van der Waals surface area (Å²) in [5.74, 6) is 1.71. The lowest BCUT2D eigenvalue weighted by Gasteiger charge is -2.09. The first-order valence-electron chi connectivity index (χ1n) is 7.68. The highest BCUT2D eigenvalue weighted by molar-refractivity contribution is 6.00. The molecular weight excluding hydrogens is 308 g/mol. The van der Waals surface area contributed by atoms with Gasteiger partial charge in [0.1, 0.15) is 17.2 Å². The van der Waals surface area contributed by atoms with E-state index in [2.05, 4.69) is 36.2 Å². The number of aryl methyl sites for hydroxylation is 1. The summed E-state index contributed by atoms with van der Waals surface area (Å²) >= 11 is 0. The maximum atomic E-state index is 12.4. The van der Waals surface area contributed by atoms with Crippen LogP contribution in [0, 0.1) is 0 Å². The molecular formula is C15H16N8O. The van der Waals surface area contributed by atoms with Crippen molar-refractivity contribution in [2.45, 2.75) is 12.8 Å². The molecule has 3 aromatic rings. The number of aromatic nitrogens is 5. The maximum absolute atomic E-state index is 12.4. The van der Waals surface area contributed by atoms with Crippen molar-refractivity contribution >= 4 is 29.0 Å². The number of nitrogens with one attached hydrogen (secondary N) is 3. The van der Waals surface area contributed by atoms with Gasteiger partial charge in [-0.2, -0.15) is 14.7 Å². The highest BCUT2D eigenvalue weighted by Crippen LogP contribution is 2.21. The number of anilines is 3. The summed E-state index contributed by atoms with van der Waals surface area (Å²) in [5.41, 5.74) is 1.97. The van der Waals surface area contributed by atoms with Crippen molar-refractivity contribution in [2.75, 3.05) is 24.2 Å². The summed E-state index contributed by atoms with van der Waals surface area (Å²) in [6, 6.07) is 3.74. The van der Waals surface area contributed by atoms with Gasteiger partial charge < -0.3 is 16.0 Å². The molecule has 9 nitrogen and oxygen atoms in total. The molecule has 1 aliphatic rings. The molecule has 0 saturated heterocycles. The van der Waals surface area contributed by atoms with Crippen LogP contribution in [0.1, 0.15) is 22.3 Å². The lowest BCUT2D eigenvalue weighted by molar-refractivity contribution is 0.0954. The highest BCUT2D eigenvalue weighted by Gasteiger charge is 2.17. The molecule has 0 atom stereocenters. The van der Waals surface area contributed by atoms with Crippen molar-refractivity contribution in [3.8, 4) is 0 Å². The Hall–Kier alpha value is -3.23. The molecule has 4 bridgehead atoms. The Bertz CT molecular complexity index is 919. The van der Waals surface area contributed by atoms with Crippen molar-refractivity contribution in [3.05, 3.63) is 35.7 Å². The molecule has 0 radical (unpaired) electrons. The average Bonchev–Trinajstić information content (AvgIpc) is 3.01. The predicted octanol–water partition coefficient (Wildman–Crippen LogP) is 0.981. The van der Waals surface area contributed by atoms with Gasteiger partial charge in [-0.05, 0) is 24.5 Å². The maximum Gasteiger partial charge on any atom is 0.256 e. The zero-order chi connectivity index (χ0) is 16.5. The normalized spacial score (nSPS) is 14.3. The van der Waals surface area contributed by atoms with Gasteiger partial charge in [0.25, 0.3) is 5.91 Å². The van der Waals surface area contributed by atoms with Gasteiger partial charge in [0.15, 0.2) is 11.5 Å². The van der Waals surface area contributed by atoms with Gasteiger partial charge in [0, 0.05) is 19.7 Å². The second-order valence-corrected chi connectivity index (χ2v) is 5.50. The zero-order valence-corrected chi connectivity index (χ0v) is 13.1. The molecule has 0 saturated carbocycles. The molecule has 0 aromatic carbocycles. The number of carbonyl (C=O) groups excluding carboxylic acids is 1. The lowest BCUT2D eigenvalue weighted by Crippen LogP contribution is -2.24. The first-order chi connectivity index (χ1) is 11.7. The van der Waals surface area contributed by atoms with E-state index in [4.69, 9.17) is 0 Å². The Morgan fingerprint density at radius 3 is 3.04 bits per heavy atom. The largest absolute Gasteiger partial charge is 0.373 e. The SMILES string of the molecule is CNc1cc2nc3c(cnn13)C(=O)NCCCc1cnnc(c1)N2. The quantitative estimate of drug-likeness (QED) is 0.612. The zero-order valence-electron chi connectivity index (χ0n) is 13.1. The summed E-state index contributed by atoms with van der Waals surface area (Å²) in [6.07, 6.45) is 4.88. The number of nitrogens with zero attached hydrogens (tertiary/aromatic N) is 5. The number of hydrogen-bond donors (Lipinski definition) is 3. The Kier molecular flexibility index (Phi) is 3.45. The second kappa shape index (κ2) is 5.76. The van der Waals surface area contributed by atoms with E-state index in [-0.39, 0.29) is 5.91 Å². The molecule has 1 aliphatic heterocycles. The molecule has 0 aliphatic carbocycles. The van der Waals surface area contributed by atoms with Crippen molar-refractivity contribution in [1.82, 2.24) is 30.1 Å². The van der Waals surface area contributed by atoms with E-state index in [0.29, 0.717) is 35.2 Å². The Morgan fingerprint density at radius 2 is 2.17 bits per heavy atom. The number of hydrogen-bond acceptors (Lipinski definition) is 7. The molecule has 4 heterocycles. The Balaban J connectivity index is 1.88. The summed E-state index contributed by atoms with van der Waals surface area (Å²) in [4.78, 5) is 16.9. The van der Waals surface area contributed by atoms with Gasteiger partial charge in [-0.25, -0.2) is 4.98 Å². The van der Waals surface area contributed by atoms with Crippen LogP contribution in [0.4, 0.5) is 17.5 Å². The van der Waals surface area contributed by atoms with Gasteiger partial charge in [-0.15, -0.1) is 5.10 Å². The van der Waals surface area contributed by atoms with E-state index < -0.39 is 0 Å². The van der Waals surface area contributed by atoms with Gasteiger partial charge in [-0.1, -0.05) is 0 Å². The summed E-state index contributed by atoms with van der Waals surface area (Å²) < 4.78 is 1.60. The van der Waals surface area contributed by atoms with E-state index in [1.54, 1.807) is 23.8 Å². The molecule has 9 heteroatoms. The third-order valence-electron chi connectivity index (χ3n) is 3.87. The number of fused-ring (bicyclic) bond motifs is 3. The highest BCUT2D eigenvalue weighted by atomic mass is 16.1. The van der Waals surface area contributed by atoms with Crippen LogP contribution in [-0.2, 0) is 6.42 Å². The number of carbonyl (C=O) groups is 1. The average molecular weight is 324 g/mol. The monoisotopic (exact) mass is 324 g/mol. The van der Waals surface area contributed by atoms with Crippen LogP contribution in [0.2, 0.25) is 0 Å². The Morgan fingerprint density at radius 1 is 1.25 bits per heavy atom. The fraction of sp³-hybridized carbons (Fsp3) is 0.267. The van der Waals surface area contributed by atoms with E-state index >= 15 is 0 Å². The molecule has 24 heavy (non-hydrogen) atoms. The van der Waals surface area contributed by atoms with E-state index in [9.17, 15) is 4.79 Å². The molecule has 0 unspecified atom stereocenters. The van der Waals surface area contributed by atoms with Crippen LogP contribution in [0.5, 0.6) is 0 Å². The molecule has 3 N–H and O–H groups in total. The molecule has 0 spiro atoms. The fourth-order valence-corrected chi connectivity index (χ4v) is 2.69. The van der Waals surface area contributed by atoms with Crippen LogP contribution in [0.25, 0.3) is 5.65 Å². The van der Waals surface area contributed by atoms with Gasteiger partial charge in [-0.3, -0.25) is 4.79 Å². The first-order valence-corrected chi connectivity index (χ1v) is 7.68. The van der Waals surface area contributed by atoms with E-state index in [0.717, 1.165) is 18.4 Å². The third kappa shape index (κ3) is 2.49. The summed E-state index contributed by atoms with van der Waals surface area (Å²) in [7, 11) is 1.79. The molecule has 122 valence electrons. The van der Waals surface area contributed by atoms with Crippen LogP contribution in [0.15, 0.2) is 24.5 Å². The number of amides is 1. The van der Waals surface area contributed by atoms with Crippen LogP contribution < -0.4 is 16.0 Å². The lowest BCUT2D eigenvalue weighted by atomic mass is 10.1. The van der Waals surface area contributed by atoms with Crippen LogP contribution >= 0.6 is 0 Å². The van der Waals surface area contributed by atoms with Crippen molar-refractivity contribution in [1.29, 1.82) is 0 Å². The van der Waals surface area contributed by atoms with Gasteiger partial charge >= 0.3 is 0 Å². The first kappa shape index (κ1) is 14.4.